The van der Waals surface area contributed by atoms with Crippen LogP contribution in [0.15, 0.2) is 67.1 Å². The largest absolute Gasteiger partial charge is 0.335 e. The van der Waals surface area contributed by atoms with E-state index in [0.29, 0.717) is 23.6 Å². The van der Waals surface area contributed by atoms with Crippen molar-refractivity contribution >= 4 is 23.3 Å². The molecule has 1 atom stereocenters. The Morgan fingerprint density at radius 3 is 2.61 bits per heavy atom. The van der Waals surface area contributed by atoms with Crippen LogP contribution in [0, 0.1) is 0 Å². The number of nitrogens with zero attached hydrogens (tertiary/aromatic N) is 4. The van der Waals surface area contributed by atoms with E-state index in [0.717, 1.165) is 11.1 Å². The third-order valence-electron chi connectivity index (χ3n) is 5.15. The number of carbonyl (C=O) groups excluding carboxylic acids is 2. The van der Waals surface area contributed by atoms with Gasteiger partial charge in [-0.2, -0.15) is 0 Å². The van der Waals surface area contributed by atoms with Gasteiger partial charge >= 0.3 is 0 Å². The number of hydrogen-bond donors (Lipinski definition) is 2. The maximum Gasteiger partial charge on any atom is 0.256 e. The van der Waals surface area contributed by atoms with Crippen molar-refractivity contribution in [2.75, 3.05) is 30.9 Å². The van der Waals surface area contributed by atoms with E-state index in [4.69, 9.17) is 0 Å². The monoisotopic (exact) mass is 416 g/mol. The van der Waals surface area contributed by atoms with Crippen molar-refractivity contribution in [2.24, 2.45) is 0 Å². The quantitative estimate of drug-likeness (QED) is 0.641. The van der Waals surface area contributed by atoms with Crippen LogP contribution in [0.3, 0.4) is 0 Å². The van der Waals surface area contributed by atoms with Gasteiger partial charge in [-0.3, -0.25) is 19.5 Å². The molecule has 0 saturated heterocycles. The maximum absolute atomic E-state index is 12.4. The van der Waals surface area contributed by atoms with Crippen LogP contribution >= 0.6 is 0 Å². The summed E-state index contributed by atoms with van der Waals surface area (Å²) in [6, 6.07) is 14.8. The van der Waals surface area contributed by atoms with E-state index < -0.39 is 0 Å². The topological polar surface area (TPSA) is 90.5 Å². The number of carbonyl (C=O) groups is 2. The Hall–Kier alpha value is -3.78. The van der Waals surface area contributed by atoms with Gasteiger partial charge in [0.1, 0.15) is 12.0 Å². The van der Waals surface area contributed by atoms with Crippen LogP contribution in [-0.4, -0.2) is 47.3 Å². The summed E-state index contributed by atoms with van der Waals surface area (Å²) in [6.45, 7) is 0.937. The first-order chi connectivity index (χ1) is 15.0. The first-order valence-corrected chi connectivity index (χ1v) is 9.97. The fourth-order valence-electron chi connectivity index (χ4n) is 3.63. The Morgan fingerprint density at radius 1 is 1.13 bits per heavy atom. The average molecular weight is 416 g/mol. The zero-order valence-electron chi connectivity index (χ0n) is 17.4. The molecule has 0 fully saturated rings. The molecule has 8 nitrogen and oxygen atoms in total. The predicted molar refractivity (Wildman–Crippen MR) is 118 cm³/mol. The molecular weight excluding hydrogens is 392 g/mol. The molecule has 0 radical (unpaired) electrons. The molecule has 2 N–H and O–H groups in total. The van der Waals surface area contributed by atoms with Crippen LogP contribution < -0.4 is 15.5 Å². The molecule has 31 heavy (non-hydrogen) atoms. The highest BCUT2D eigenvalue weighted by atomic mass is 16.2. The highest BCUT2D eigenvalue weighted by Gasteiger charge is 2.30. The van der Waals surface area contributed by atoms with Gasteiger partial charge in [0.15, 0.2) is 0 Å². The highest BCUT2D eigenvalue weighted by Crippen LogP contribution is 2.30. The Bertz CT molecular complexity index is 1070. The van der Waals surface area contributed by atoms with Crippen LogP contribution in [0.4, 0.5) is 11.5 Å². The lowest BCUT2D eigenvalue weighted by atomic mass is 10.1. The number of rotatable bonds is 6. The van der Waals surface area contributed by atoms with Crippen molar-refractivity contribution in [1.29, 1.82) is 0 Å². The molecule has 1 aliphatic rings. The lowest BCUT2D eigenvalue weighted by Crippen LogP contribution is -2.45. The van der Waals surface area contributed by atoms with E-state index in [2.05, 4.69) is 20.6 Å². The lowest BCUT2D eigenvalue weighted by Gasteiger charge is -2.35. The number of aromatic nitrogens is 2. The van der Waals surface area contributed by atoms with Crippen LogP contribution in [0.5, 0.6) is 0 Å². The molecule has 158 valence electrons. The number of nitrogens with one attached hydrogen (secondary N) is 2. The summed E-state index contributed by atoms with van der Waals surface area (Å²) in [7, 11) is 3.79. The number of fused-ring (bicyclic) bond motifs is 1. The Labute approximate surface area is 180 Å². The number of hydrogen-bond acceptors (Lipinski definition) is 6. The molecule has 0 spiro atoms. The van der Waals surface area contributed by atoms with Crippen molar-refractivity contribution in [2.45, 2.75) is 12.7 Å². The highest BCUT2D eigenvalue weighted by molar-refractivity contribution is 6.01. The fourth-order valence-corrected chi connectivity index (χ4v) is 3.63. The maximum atomic E-state index is 12.4. The molecule has 1 aliphatic heterocycles. The number of amides is 2. The fraction of sp³-hybridized carbons (Fsp3) is 0.217. The zero-order chi connectivity index (χ0) is 21.8. The average Bonchev–Trinajstić information content (AvgIpc) is 2.77. The summed E-state index contributed by atoms with van der Waals surface area (Å²) in [4.78, 5) is 37.0. The number of anilines is 2. The molecule has 8 heteroatoms. The number of likely N-dealkylation sites (N-methyl/N-ethyl adjacent to an activating group) is 1. The molecule has 2 amide bonds. The third-order valence-corrected chi connectivity index (χ3v) is 5.15. The van der Waals surface area contributed by atoms with Crippen molar-refractivity contribution in [3.05, 3.63) is 83.8 Å². The van der Waals surface area contributed by atoms with Crippen LogP contribution in [0.2, 0.25) is 0 Å². The molecule has 3 aromatic rings. The number of pyridine rings is 2. The van der Waals surface area contributed by atoms with Crippen molar-refractivity contribution in [3.63, 3.8) is 0 Å². The molecule has 1 aromatic carbocycles. The van der Waals surface area contributed by atoms with Gasteiger partial charge in [0, 0.05) is 37.9 Å². The second-order valence-corrected chi connectivity index (χ2v) is 7.56. The molecule has 0 saturated carbocycles. The Morgan fingerprint density at radius 2 is 1.87 bits per heavy atom. The second kappa shape index (κ2) is 8.93. The van der Waals surface area contributed by atoms with E-state index >= 15 is 0 Å². The van der Waals surface area contributed by atoms with Crippen LogP contribution in [0.25, 0.3) is 0 Å². The summed E-state index contributed by atoms with van der Waals surface area (Å²) < 4.78 is 0. The van der Waals surface area contributed by atoms with Gasteiger partial charge in [-0.05, 0) is 54.6 Å². The van der Waals surface area contributed by atoms with Gasteiger partial charge in [-0.15, -0.1) is 0 Å². The van der Waals surface area contributed by atoms with Crippen LogP contribution in [-0.2, 0) is 11.3 Å². The predicted octanol–water partition coefficient (Wildman–Crippen LogP) is 2.43. The Kier molecular flexibility index (Phi) is 5.90. The summed E-state index contributed by atoms with van der Waals surface area (Å²) in [5.41, 5.74) is 3.26. The third kappa shape index (κ3) is 4.70. The Balaban J connectivity index is 1.37. The first kappa shape index (κ1) is 20.5. The van der Waals surface area contributed by atoms with Crippen molar-refractivity contribution in [3.8, 4) is 0 Å². The van der Waals surface area contributed by atoms with Crippen LogP contribution in [0.1, 0.15) is 27.7 Å². The van der Waals surface area contributed by atoms with Crippen molar-refractivity contribution in [1.82, 2.24) is 20.2 Å². The molecule has 0 aliphatic carbocycles. The van der Waals surface area contributed by atoms with E-state index in [9.17, 15) is 9.59 Å². The molecule has 0 bridgehead atoms. The smallest absolute Gasteiger partial charge is 0.256 e. The number of benzene rings is 1. The van der Waals surface area contributed by atoms with E-state index in [1.165, 1.54) is 0 Å². The zero-order valence-corrected chi connectivity index (χ0v) is 17.4. The van der Waals surface area contributed by atoms with Gasteiger partial charge in [-0.25, -0.2) is 4.98 Å². The molecule has 2 aromatic heterocycles. The summed E-state index contributed by atoms with van der Waals surface area (Å²) in [6.07, 6.45) is 4.83. The van der Waals surface area contributed by atoms with E-state index in [-0.39, 0.29) is 24.5 Å². The van der Waals surface area contributed by atoms with Gasteiger partial charge in [-0.1, -0.05) is 12.1 Å². The summed E-state index contributed by atoms with van der Waals surface area (Å²) >= 11 is 0. The minimum Gasteiger partial charge on any atom is -0.335 e. The minimum atomic E-state index is -0.328. The van der Waals surface area contributed by atoms with Gasteiger partial charge in [0.25, 0.3) is 5.91 Å². The van der Waals surface area contributed by atoms with Crippen molar-refractivity contribution < 1.29 is 9.59 Å². The molecule has 4 rings (SSSR count). The second-order valence-electron chi connectivity index (χ2n) is 7.56. The molecule has 0 unspecified atom stereocenters. The summed E-state index contributed by atoms with van der Waals surface area (Å²) in [5, 5.41) is 5.91. The van der Waals surface area contributed by atoms with Gasteiger partial charge < -0.3 is 15.5 Å². The van der Waals surface area contributed by atoms with Gasteiger partial charge in [0.05, 0.1) is 12.1 Å². The van der Waals surface area contributed by atoms with E-state index in [1.54, 1.807) is 30.7 Å². The lowest BCUT2D eigenvalue weighted by molar-refractivity contribution is -0.117. The minimum absolute atomic E-state index is 0.0921. The normalized spacial score (nSPS) is 15.4. The first-order valence-electron chi connectivity index (χ1n) is 9.97. The summed E-state index contributed by atoms with van der Waals surface area (Å²) in [5.74, 6) is 0.400. The SMILES string of the molecule is CN(CC(=O)Nc1ccc([C@H]2NC(=O)c3cccnc3N2C)cc1)Cc1ccncc1. The van der Waals surface area contributed by atoms with E-state index in [1.807, 2.05) is 60.3 Å². The molecule has 3 heterocycles. The standard InChI is InChI=1S/C23H24N6O2/c1-28(14-16-9-12-24-13-10-16)15-20(30)26-18-7-5-17(6-8-18)21-27-23(31)19-4-3-11-25-22(19)29(21)2/h3-13,21H,14-15H2,1-2H3,(H,26,30)(H,27,31)/t21-/m0/s1. The van der Waals surface area contributed by atoms with Gasteiger partial charge in [0.2, 0.25) is 5.91 Å². The molecular formula is C23H24N6O2.